The zero-order valence-electron chi connectivity index (χ0n) is 9.44. The number of halogens is 1. The van der Waals surface area contributed by atoms with Gasteiger partial charge in [-0.25, -0.2) is 4.98 Å². The minimum absolute atomic E-state index is 0.663. The summed E-state index contributed by atoms with van der Waals surface area (Å²) in [6.07, 6.45) is 0. The van der Waals surface area contributed by atoms with Gasteiger partial charge in [-0.3, -0.25) is 0 Å². The summed E-state index contributed by atoms with van der Waals surface area (Å²) in [6.45, 7) is 0. The van der Waals surface area contributed by atoms with Crippen molar-refractivity contribution in [2.24, 2.45) is 0 Å². The third kappa shape index (κ3) is 2.22. The Hall–Kier alpha value is -2.24. The SMILES string of the molecule is Clc1cccc(C#Cc2nc3ccccc3[nH]2)c1. The lowest BCUT2D eigenvalue weighted by atomic mass is 10.2. The molecule has 3 rings (SSSR count). The Morgan fingerprint density at radius 2 is 1.89 bits per heavy atom. The first-order chi connectivity index (χ1) is 8.81. The van der Waals surface area contributed by atoms with Crippen LogP contribution in [0.15, 0.2) is 48.5 Å². The summed E-state index contributed by atoms with van der Waals surface area (Å²) >= 11 is 5.90. The Morgan fingerprint density at radius 1 is 1.00 bits per heavy atom. The van der Waals surface area contributed by atoms with Crippen LogP contribution < -0.4 is 0 Å². The highest BCUT2D eigenvalue weighted by molar-refractivity contribution is 6.30. The second-order valence-corrected chi connectivity index (χ2v) is 4.30. The van der Waals surface area contributed by atoms with E-state index in [4.69, 9.17) is 11.6 Å². The lowest BCUT2D eigenvalue weighted by Gasteiger charge is -1.89. The summed E-state index contributed by atoms with van der Waals surface area (Å²) in [6, 6.07) is 15.3. The minimum atomic E-state index is 0.663. The first kappa shape index (κ1) is 10.9. The highest BCUT2D eigenvalue weighted by atomic mass is 35.5. The number of nitrogens with zero attached hydrogens (tertiary/aromatic N) is 1. The fourth-order valence-corrected chi connectivity index (χ4v) is 1.90. The first-order valence-electron chi connectivity index (χ1n) is 5.53. The van der Waals surface area contributed by atoms with Gasteiger partial charge in [0.25, 0.3) is 0 Å². The molecule has 1 N–H and O–H groups in total. The number of imidazole rings is 1. The highest BCUT2D eigenvalue weighted by Gasteiger charge is 1.97. The molecule has 0 atom stereocenters. The molecule has 0 fully saturated rings. The Morgan fingerprint density at radius 3 is 2.72 bits per heavy atom. The van der Waals surface area contributed by atoms with E-state index in [0.29, 0.717) is 10.8 Å². The van der Waals surface area contributed by atoms with Gasteiger partial charge in [-0.1, -0.05) is 35.7 Å². The van der Waals surface area contributed by atoms with Gasteiger partial charge < -0.3 is 4.98 Å². The van der Waals surface area contributed by atoms with Gasteiger partial charge in [0.1, 0.15) is 0 Å². The number of aromatic nitrogens is 2. The van der Waals surface area contributed by atoms with Gasteiger partial charge in [0.15, 0.2) is 5.82 Å². The summed E-state index contributed by atoms with van der Waals surface area (Å²) in [5.41, 5.74) is 2.80. The molecule has 0 amide bonds. The zero-order valence-corrected chi connectivity index (χ0v) is 10.2. The van der Waals surface area contributed by atoms with Crippen LogP contribution in [-0.4, -0.2) is 9.97 Å². The van der Waals surface area contributed by atoms with Crippen LogP contribution in [0.4, 0.5) is 0 Å². The van der Waals surface area contributed by atoms with Crippen molar-refractivity contribution in [3.63, 3.8) is 0 Å². The molecule has 0 bridgehead atoms. The molecule has 3 aromatic rings. The number of H-pyrrole nitrogens is 1. The van der Waals surface area contributed by atoms with Crippen molar-refractivity contribution in [3.05, 3.63) is 64.9 Å². The smallest absolute Gasteiger partial charge is 0.184 e. The van der Waals surface area contributed by atoms with Crippen molar-refractivity contribution < 1.29 is 0 Å². The van der Waals surface area contributed by atoms with E-state index >= 15 is 0 Å². The second-order valence-electron chi connectivity index (χ2n) is 3.86. The fraction of sp³-hybridized carbons (Fsp3) is 0. The topological polar surface area (TPSA) is 28.7 Å². The van der Waals surface area contributed by atoms with Crippen LogP contribution in [0.1, 0.15) is 11.4 Å². The molecule has 2 aromatic carbocycles. The number of aromatic amines is 1. The zero-order chi connectivity index (χ0) is 12.4. The Kier molecular flexibility index (Phi) is 2.76. The molecule has 0 saturated carbocycles. The maximum atomic E-state index is 5.90. The normalized spacial score (nSPS) is 10.1. The van der Waals surface area contributed by atoms with Gasteiger partial charge in [-0.05, 0) is 36.3 Å². The van der Waals surface area contributed by atoms with E-state index in [1.54, 1.807) is 0 Å². The molecule has 0 aliphatic carbocycles. The molecule has 0 spiro atoms. The molecular formula is C15H9ClN2. The first-order valence-corrected chi connectivity index (χ1v) is 5.91. The van der Waals surface area contributed by atoms with Crippen LogP contribution in [0.5, 0.6) is 0 Å². The van der Waals surface area contributed by atoms with Crippen LogP contribution in [-0.2, 0) is 0 Å². The van der Waals surface area contributed by atoms with Crippen molar-refractivity contribution in [1.29, 1.82) is 0 Å². The van der Waals surface area contributed by atoms with Crippen LogP contribution in [0.2, 0.25) is 5.02 Å². The molecule has 0 saturated heterocycles. The predicted molar refractivity (Wildman–Crippen MR) is 73.5 cm³/mol. The maximum Gasteiger partial charge on any atom is 0.184 e. The van der Waals surface area contributed by atoms with Gasteiger partial charge in [-0.2, -0.15) is 0 Å². The van der Waals surface area contributed by atoms with Crippen molar-refractivity contribution in [1.82, 2.24) is 9.97 Å². The van der Waals surface area contributed by atoms with Crippen molar-refractivity contribution in [2.45, 2.75) is 0 Å². The molecule has 3 heteroatoms. The number of nitrogens with one attached hydrogen (secondary N) is 1. The van der Waals surface area contributed by atoms with Crippen molar-refractivity contribution in [2.75, 3.05) is 0 Å². The van der Waals surface area contributed by atoms with Gasteiger partial charge in [0, 0.05) is 10.6 Å². The van der Waals surface area contributed by atoms with Gasteiger partial charge in [0.05, 0.1) is 11.0 Å². The largest absolute Gasteiger partial charge is 0.331 e. The average Bonchev–Trinajstić information content (AvgIpc) is 2.79. The highest BCUT2D eigenvalue weighted by Crippen LogP contribution is 2.11. The molecule has 0 aliphatic rings. The number of rotatable bonds is 0. The van der Waals surface area contributed by atoms with E-state index in [2.05, 4.69) is 21.8 Å². The summed E-state index contributed by atoms with van der Waals surface area (Å²) in [5, 5.41) is 0.686. The molecule has 0 radical (unpaired) electrons. The Bertz CT molecular complexity index is 730. The van der Waals surface area contributed by atoms with E-state index in [0.717, 1.165) is 16.6 Å². The number of para-hydroxylation sites is 2. The van der Waals surface area contributed by atoms with E-state index in [9.17, 15) is 0 Å². The molecule has 86 valence electrons. The quantitative estimate of drug-likeness (QED) is 0.609. The van der Waals surface area contributed by atoms with E-state index in [1.807, 2.05) is 48.5 Å². The monoisotopic (exact) mass is 252 g/mol. The molecule has 1 aromatic heterocycles. The third-order valence-corrected chi connectivity index (χ3v) is 2.77. The number of benzene rings is 2. The van der Waals surface area contributed by atoms with Crippen LogP contribution in [0.3, 0.4) is 0 Å². The summed E-state index contributed by atoms with van der Waals surface area (Å²) in [4.78, 5) is 7.55. The van der Waals surface area contributed by atoms with Gasteiger partial charge in [-0.15, -0.1) is 0 Å². The molecule has 1 heterocycles. The second kappa shape index (κ2) is 4.56. The van der Waals surface area contributed by atoms with Gasteiger partial charge >= 0.3 is 0 Å². The summed E-state index contributed by atoms with van der Waals surface area (Å²) in [7, 11) is 0. The fourth-order valence-electron chi connectivity index (χ4n) is 1.71. The predicted octanol–water partition coefficient (Wildman–Crippen LogP) is 3.62. The number of hydrogen-bond donors (Lipinski definition) is 1. The van der Waals surface area contributed by atoms with Crippen molar-refractivity contribution in [3.8, 4) is 11.8 Å². The molecule has 0 aliphatic heterocycles. The lowest BCUT2D eigenvalue weighted by molar-refractivity contribution is 1.28. The van der Waals surface area contributed by atoms with Crippen LogP contribution >= 0.6 is 11.6 Å². The Balaban J connectivity index is 1.97. The van der Waals surface area contributed by atoms with Crippen molar-refractivity contribution >= 4 is 22.6 Å². The average molecular weight is 253 g/mol. The summed E-state index contributed by atoms with van der Waals surface area (Å²) in [5.74, 6) is 6.70. The number of hydrogen-bond acceptors (Lipinski definition) is 1. The van der Waals surface area contributed by atoms with E-state index < -0.39 is 0 Å². The van der Waals surface area contributed by atoms with E-state index in [-0.39, 0.29) is 0 Å². The van der Waals surface area contributed by atoms with E-state index in [1.165, 1.54) is 0 Å². The molecule has 2 nitrogen and oxygen atoms in total. The minimum Gasteiger partial charge on any atom is -0.331 e. The Labute approximate surface area is 110 Å². The maximum absolute atomic E-state index is 5.90. The van der Waals surface area contributed by atoms with Crippen LogP contribution in [0.25, 0.3) is 11.0 Å². The molecule has 18 heavy (non-hydrogen) atoms. The standard InChI is InChI=1S/C15H9ClN2/c16-12-5-3-4-11(10-12)8-9-15-17-13-6-1-2-7-14(13)18-15/h1-7,10H,(H,17,18). The van der Waals surface area contributed by atoms with Gasteiger partial charge in [0.2, 0.25) is 0 Å². The van der Waals surface area contributed by atoms with Crippen LogP contribution in [0, 0.1) is 11.8 Å². The lowest BCUT2D eigenvalue weighted by Crippen LogP contribution is -1.77. The summed E-state index contributed by atoms with van der Waals surface area (Å²) < 4.78 is 0. The molecular weight excluding hydrogens is 244 g/mol. The number of fused-ring (bicyclic) bond motifs is 1. The third-order valence-electron chi connectivity index (χ3n) is 2.54. The molecule has 0 unspecified atom stereocenters.